The van der Waals surface area contributed by atoms with Gasteiger partial charge in [-0.3, -0.25) is 4.79 Å². The number of carboxylic acid groups (broad SMARTS) is 1. The lowest BCUT2D eigenvalue weighted by Crippen LogP contribution is -2.54. The molecule has 1 amide bonds. The van der Waals surface area contributed by atoms with E-state index >= 15 is 0 Å². The molecule has 2 heterocycles. The smallest absolute Gasteiger partial charge is 0.329 e. The summed E-state index contributed by atoms with van der Waals surface area (Å²) < 4.78 is 5.63. The maximum absolute atomic E-state index is 14.1. The fourth-order valence-corrected chi connectivity index (χ4v) is 6.04. The molecular weight excluding hydrogens is 436 g/mol. The molecule has 0 unspecified atom stereocenters. The Hall–Kier alpha value is -2.41. The molecule has 33 heavy (non-hydrogen) atoms. The monoisotopic (exact) mass is 472 g/mol. The molecular formula is C26H36N2O4S. The topological polar surface area (TPSA) is 79.7 Å². The van der Waals surface area contributed by atoms with Crippen LogP contribution in [0, 0.1) is 11.8 Å². The summed E-state index contributed by atoms with van der Waals surface area (Å²) in [5.74, 6) is -0.462. The molecule has 0 bridgehead atoms. The minimum absolute atomic E-state index is 0.0192. The van der Waals surface area contributed by atoms with Gasteiger partial charge in [0, 0.05) is 17.1 Å². The molecule has 1 saturated heterocycles. The average Bonchev–Trinajstić information content (AvgIpc) is 3.37. The molecule has 0 saturated carbocycles. The number of nitrogens with zero attached hydrogens (tertiary/aromatic N) is 2. The second kappa shape index (κ2) is 9.45. The van der Waals surface area contributed by atoms with Crippen molar-refractivity contribution < 1.29 is 19.4 Å². The number of hydrogen-bond acceptors (Lipinski definition) is 5. The number of aromatic nitrogens is 1. The first-order valence-corrected chi connectivity index (χ1v) is 12.5. The number of carbonyl (C=O) groups is 2. The zero-order valence-corrected chi connectivity index (χ0v) is 21.5. The normalized spacial score (nSPS) is 23.2. The summed E-state index contributed by atoms with van der Waals surface area (Å²) in [6.45, 7) is 12.3. The van der Waals surface area contributed by atoms with Crippen LogP contribution in [0.4, 0.5) is 0 Å². The van der Waals surface area contributed by atoms with E-state index in [-0.39, 0.29) is 29.2 Å². The Morgan fingerprint density at radius 1 is 1.33 bits per heavy atom. The minimum atomic E-state index is -1.28. The van der Waals surface area contributed by atoms with Crippen molar-refractivity contribution in [2.24, 2.45) is 11.8 Å². The number of hydrogen-bond donors (Lipinski definition) is 1. The predicted molar refractivity (Wildman–Crippen MR) is 131 cm³/mol. The van der Waals surface area contributed by atoms with Gasteiger partial charge in [-0.25, -0.2) is 9.78 Å². The molecule has 1 fully saturated rings. The number of thiazole rings is 1. The predicted octanol–water partition coefficient (Wildman–Crippen LogP) is 5.93. The molecule has 2 aromatic rings. The van der Waals surface area contributed by atoms with Crippen LogP contribution in [-0.2, 0) is 10.2 Å². The zero-order chi connectivity index (χ0) is 24.6. The van der Waals surface area contributed by atoms with E-state index in [4.69, 9.17) is 4.74 Å². The molecule has 1 aromatic carbocycles. The van der Waals surface area contributed by atoms with E-state index in [1.807, 2.05) is 25.3 Å². The molecule has 3 rings (SSSR count). The SMILES string of the molecule is CC[C@@H]1C[C@@](CC(C)C)(C(=O)O)N(C(=O)c2ccc(C(C)(C)C)c(OC)c2)[C@H]1c1nccs1. The molecule has 3 atom stereocenters. The maximum atomic E-state index is 14.1. The molecule has 1 aromatic heterocycles. The highest BCUT2D eigenvalue weighted by molar-refractivity contribution is 7.09. The number of carboxylic acids is 1. The fraction of sp³-hybridized carbons (Fsp3) is 0.577. The molecule has 0 aliphatic carbocycles. The van der Waals surface area contributed by atoms with E-state index in [0.29, 0.717) is 24.2 Å². The van der Waals surface area contributed by atoms with E-state index in [9.17, 15) is 14.7 Å². The van der Waals surface area contributed by atoms with Gasteiger partial charge >= 0.3 is 5.97 Å². The minimum Gasteiger partial charge on any atom is -0.496 e. The maximum Gasteiger partial charge on any atom is 0.329 e. The van der Waals surface area contributed by atoms with Gasteiger partial charge in [-0.05, 0) is 47.8 Å². The number of rotatable bonds is 7. The third-order valence-electron chi connectivity index (χ3n) is 6.63. The molecule has 7 heteroatoms. The van der Waals surface area contributed by atoms with Crippen LogP contribution in [0.3, 0.4) is 0 Å². The summed E-state index contributed by atoms with van der Waals surface area (Å²) in [5.41, 5.74) is 0.00269. The number of amides is 1. The lowest BCUT2D eigenvalue weighted by Gasteiger charge is -2.39. The average molecular weight is 473 g/mol. The van der Waals surface area contributed by atoms with Crippen molar-refractivity contribution in [3.05, 3.63) is 45.9 Å². The van der Waals surface area contributed by atoms with Crippen LogP contribution in [0.2, 0.25) is 0 Å². The van der Waals surface area contributed by atoms with E-state index in [1.54, 1.807) is 30.3 Å². The van der Waals surface area contributed by atoms with Gasteiger partial charge in [-0.15, -0.1) is 11.3 Å². The largest absolute Gasteiger partial charge is 0.496 e. The molecule has 180 valence electrons. The van der Waals surface area contributed by atoms with Gasteiger partial charge in [-0.1, -0.05) is 54.0 Å². The summed E-state index contributed by atoms with van der Waals surface area (Å²) in [4.78, 5) is 33.1. The van der Waals surface area contributed by atoms with E-state index < -0.39 is 11.5 Å². The lowest BCUT2D eigenvalue weighted by molar-refractivity contribution is -0.150. The third kappa shape index (κ3) is 4.65. The number of carbonyl (C=O) groups excluding carboxylic acids is 1. The third-order valence-corrected chi connectivity index (χ3v) is 7.48. The Bertz CT molecular complexity index is 996. The van der Waals surface area contributed by atoms with Crippen LogP contribution >= 0.6 is 11.3 Å². The van der Waals surface area contributed by atoms with Crippen LogP contribution in [0.25, 0.3) is 0 Å². The van der Waals surface area contributed by atoms with Crippen molar-refractivity contribution in [3.63, 3.8) is 0 Å². The van der Waals surface area contributed by atoms with Crippen LogP contribution < -0.4 is 4.74 Å². The Labute approximate surface area is 201 Å². The Balaban J connectivity index is 2.19. The number of likely N-dealkylation sites (tertiary alicyclic amines) is 1. The first-order chi connectivity index (χ1) is 15.5. The van der Waals surface area contributed by atoms with E-state index in [2.05, 4.69) is 32.7 Å². The standard InChI is InChI=1S/C26H36N2O4S/c1-8-17-15-26(24(30)31,14-16(2)3)28(21(17)22-27-11-12-33-22)23(29)18-9-10-19(25(4,5)6)20(13-18)32-7/h9-13,16-17,21H,8,14-15H2,1-7H3,(H,30,31)/t17-,21-,26+/m1/s1. The highest BCUT2D eigenvalue weighted by atomic mass is 32.1. The summed E-state index contributed by atoms with van der Waals surface area (Å²) in [7, 11) is 1.60. The first-order valence-electron chi connectivity index (χ1n) is 11.6. The van der Waals surface area contributed by atoms with Crippen LogP contribution in [0.15, 0.2) is 29.8 Å². The summed E-state index contributed by atoms with van der Waals surface area (Å²) in [6, 6.07) is 5.10. The second-order valence-electron chi connectivity index (χ2n) is 10.5. The summed E-state index contributed by atoms with van der Waals surface area (Å²) in [5, 5.41) is 13.2. The fourth-order valence-electron chi connectivity index (χ4n) is 5.22. The Morgan fingerprint density at radius 3 is 2.52 bits per heavy atom. The van der Waals surface area contributed by atoms with Gasteiger partial charge in [0.25, 0.3) is 5.91 Å². The van der Waals surface area contributed by atoms with Gasteiger partial charge in [0.2, 0.25) is 0 Å². The highest BCUT2D eigenvalue weighted by Crippen LogP contribution is 2.52. The molecule has 6 nitrogen and oxygen atoms in total. The molecule has 1 aliphatic heterocycles. The van der Waals surface area contributed by atoms with Gasteiger partial charge in [0.15, 0.2) is 0 Å². The molecule has 0 spiro atoms. The van der Waals surface area contributed by atoms with Gasteiger partial charge < -0.3 is 14.7 Å². The molecule has 1 N–H and O–H groups in total. The number of ether oxygens (including phenoxy) is 1. The van der Waals surface area contributed by atoms with Crippen LogP contribution in [0.1, 0.15) is 87.8 Å². The van der Waals surface area contributed by atoms with Gasteiger partial charge in [-0.2, -0.15) is 0 Å². The number of aliphatic carboxylic acids is 1. The highest BCUT2D eigenvalue weighted by Gasteiger charge is 2.59. The summed E-state index contributed by atoms with van der Waals surface area (Å²) in [6.07, 6.45) is 3.31. The quantitative estimate of drug-likeness (QED) is 0.540. The first kappa shape index (κ1) is 25.2. The van der Waals surface area contributed by atoms with Crippen LogP contribution in [-0.4, -0.2) is 39.5 Å². The van der Waals surface area contributed by atoms with E-state index in [0.717, 1.165) is 17.0 Å². The van der Waals surface area contributed by atoms with Crippen molar-refractivity contribution in [2.75, 3.05) is 7.11 Å². The van der Waals surface area contributed by atoms with Crippen molar-refractivity contribution in [1.29, 1.82) is 0 Å². The Morgan fingerprint density at radius 2 is 2.03 bits per heavy atom. The number of methoxy groups -OCH3 is 1. The Kier molecular flexibility index (Phi) is 7.22. The van der Waals surface area contributed by atoms with E-state index in [1.165, 1.54) is 11.3 Å². The van der Waals surface area contributed by atoms with Gasteiger partial charge in [0.05, 0.1) is 13.2 Å². The number of benzene rings is 1. The van der Waals surface area contributed by atoms with Crippen molar-refractivity contribution in [1.82, 2.24) is 9.88 Å². The zero-order valence-electron chi connectivity index (χ0n) is 20.7. The van der Waals surface area contributed by atoms with Crippen molar-refractivity contribution in [2.45, 2.75) is 77.8 Å². The van der Waals surface area contributed by atoms with Crippen molar-refractivity contribution in [3.8, 4) is 5.75 Å². The lowest BCUT2D eigenvalue weighted by atomic mass is 9.83. The second-order valence-corrected chi connectivity index (χ2v) is 11.4. The van der Waals surface area contributed by atoms with Crippen LogP contribution in [0.5, 0.6) is 5.75 Å². The van der Waals surface area contributed by atoms with Crippen molar-refractivity contribution >= 4 is 23.2 Å². The summed E-state index contributed by atoms with van der Waals surface area (Å²) >= 11 is 1.48. The molecule has 0 radical (unpaired) electrons. The molecule has 1 aliphatic rings. The van der Waals surface area contributed by atoms with Gasteiger partial charge in [0.1, 0.15) is 16.3 Å².